The first-order chi connectivity index (χ1) is 12.1. The Morgan fingerprint density at radius 3 is 2.56 bits per heavy atom. The van der Waals surface area contributed by atoms with E-state index in [1.165, 1.54) is 0 Å². The minimum absolute atomic E-state index is 0.0418. The predicted octanol–water partition coefficient (Wildman–Crippen LogP) is 2.70. The molecule has 7 nitrogen and oxygen atoms in total. The second-order valence-electron chi connectivity index (χ2n) is 5.91. The number of anilines is 2. The fourth-order valence-corrected chi connectivity index (χ4v) is 2.60. The summed E-state index contributed by atoms with van der Waals surface area (Å²) in [7, 11) is 0. The van der Waals surface area contributed by atoms with Crippen molar-refractivity contribution in [1.29, 1.82) is 0 Å². The second kappa shape index (κ2) is 7.83. The van der Waals surface area contributed by atoms with Gasteiger partial charge in [-0.25, -0.2) is 9.97 Å². The Kier molecular flexibility index (Phi) is 5.33. The van der Waals surface area contributed by atoms with Crippen molar-refractivity contribution in [3.63, 3.8) is 0 Å². The summed E-state index contributed by atoms with van der Waals surface area (Å²) in [5.41, 5.74) is 2.55. The highest BCUT2D eigenvalue weighted by Crippen LogP contribution is 2.32. The number of carbonyl (C=O) groups is 1. The monoisotopic (exact) mass is 342 g/mol. The number of ether oxygens (including phenoxy) is 2. The van der Waals surface area contributed by atoms with Gasteiger partial charge in [0.2, 0.25) is 11.9 Å². The van der Waals surface area contributed by atoms with E-state index in [-0.39, 0.29) is 5.91 Å². The Bertz CT molecular complexity index is 744. The number of hydrogen-bond donors (Lipinski definition) is 2. The highest BCUT2D eigenvalue weighted by molar-refractivity contribution is 5.91. The second-order valence-corrected chi connectivity index (χ2v) is 5.91. The van der Waals surface area contributed by atoms with Crippen molar-refractivity contribution in [2.24, 2.45) is 0 Å². The Balaban J connectivity index is 1.43. The molecule has 0 aliphatic carbocycles. The molecule has 2 N–H and O–H groups in total. The number of nitrogens with zero attached hydrogens (tertiary/aromatic N) is 2. The van der Waals surface area contributed by atoms with Crippen LogP contribution in [0.5, 0.6) is 11.5 Å². The van der Waals surface area contributed by atoms with Crippen LogP contribution in [0.1, 0.15) is 24.2 Å². The van der Waals surface area contributed by atoms with Crippen molar-refractivity contribution in [3.8, 4) is 11.5 Å². The molecular formula is C18H22N4O3. The van der Waals surface area contributed by atoms with E-state index in [1.54, 1.807) is 6.07 Å². The van der Waals surface area contributed by atoms with Gasteiger partial charge in [0.25, 0.3) is 0 Å². The van der Waals surface area contributed by atoms with Gasteiger partial charge >= 0.3 is 0 Å². The van der Waals surface area contributed by atoms with E-state index in [4.69, 9.17) is 9.47 Å². The first kappa shape index (κ1) is 17.0. The van der Waals surface area contributed by atoms with Gasteiger partial charge in [0.05, 0.1) is 0 Å². The molecule has 2 aromatic rings. The Morgan fingerprint density at radius 1 is 1.08 bits per heavy atom. The first-order valence-electron chi connectivity index (χ1n) is 8.36. The number of benzene rings is 1. The predicted molar refractivity (Wildman–Crippen MR) is 95.3 cm³/mol. The van der Waals surface area contributed by atoms with Gasteiger partial charge in [-0.05, 0) is 38.5 Å². The van der Waals surface area contributed by atoms with Crippen LogP contribution < -0.4 is 20.1 Å². The molecule has 3 rings (SSSR count). The third-order valence-corrected chi connectivity index (χ3v) is 3.67. The van der Waals surface area contributed by atoms with Crippen LogP contribution in [0.2, 0.25) is 0 Å². The largest absolute Gasteiger partial charge is 0.486 e. The minimum Gasteiger partial charge on any atom is -0.486 e. The van der Waals surface area contributed by atoms with Crippen molar-refractivity contribution in [2.45, 2.75) is 26.7 Å². The lowest BCUT2D eigenvalue weighted by Gasteiger charge is -2.19. The molecule has 0 saturated carbocycles. The molecule has 2 heterocycles. The maximum Gasteiger partial charge on any atom is 0.224 e. The SMILES string of the molecule is Cc1cc(C)nc(NCCCC(=O)Nc2ccc3c(c2)OCCO3)n1. The lowest BCUT2D eigenvalue weighted by molar-refractivity contribution is -0.116. The van der Waals surface area contributed by atoms with Crippen LogP contribution >= 0.6 is 0 Å². The Hall–Kier alpha value is -2.83. The third-order valence-electron chi connectivity index (χ3n) is 3.67. The van der Waals surface area contributed by atoms with Crippen molar-refractivity contribution < 1.29 is 14.3 Å². The van der Waals surface area contributed by atoms with E-state index in [1.807, 2.05) is 32.0 Å². The van der Waals surface area contributed by atoms with Gasteiger partial charge in [-0.15, -0.1) is 0 Å². The number of hydrogen-bond acceptors (Lipinski definition) is 6. The zero-order valence-electron chi connectivity index (χ0n) is 14.5. The van der Waals surface area contributed by atoms with E-state index in [9.17, 15) is 4.79 Å². The quantitative estimate of drug-likeness (QED) is 0.785. The van der Waals surface area contributed by atoms with Gasteiger partial charge in [0.1, 0.15) is 13.2 Å². The highest BCUT2D eigenvalue weighted by atomic mass is 16.6. The molecule has 1 aliphatic rings. The number of rotatable bonds is 6. The number of aromatic nitrogens is 2. The molecule has 0 fully saturated rings. The van der Waals surface area contributed by atoms with E-state index in [2.05, 4.69) is 20.6 Å². The van der Waals surface area contributed by atoms with Gasteiger partial charge < -0.3 is 20.1 Å². The normalized spacial score (nSPS) is 12.6. The van der Waals surface area contributed by atoms with E-state index < -0.39 is 0 Å². The van der Waals surface area contributed by atoms with Crippen LogP contribution in [-0.4, -0.2) is 35.6 Å². The highest BCUT2D eigenvalue weighted by Gasteiger charge is 2.12. The lowest BCUT2D eigenvalue weighted by atomic mass is 10.2. The minimum atomic E-state index is -0.0418. The zero-order valence-corrected chi connectivity index (χ0v) is 14.5. The Morgan fingerprint density at radius 2 is 1.80 bits per heavy atom. The number of carbonyl (C=O) groups excluding carboxylic acids is 1. The lowest BCUT2D eigenvalue weighted by Crippen LogP contribution is -2.17. The molecule has 1 amide bonds. The topological polar surface area (TPSA) is 85.4 Å². The summed E-state index contributed by atoms with van der Waals surface area (Å²) in [6.45, 7) is 5.57. The maximum atomic E-state index is 12.1. The van der Waals surface area contributed by atoms with Crippen molar-refractivity contribution in [3.05, 3.63) is 35.7 Å². The number of fused-ring (bicyclic) bond motifs is 1. The number of amides is 1. The third kappa shape index (κ3) is 4.82. The summed E-state index contributed by atoms with van der Waals surface area (Å²) in [5.74, 6) is 1.93. The molecule has 1 aliphatic heterocycles. The van der Waals surface area contributed by atoms with Gasteiger partial charge in [-0.2, -0.15) is 0 Å². The van der Waals surface area contributed by atoms with E-state index in [0.29, 0.717) is 55.7 Å². The summed E-state index contributed by atoms with van der Waals surface area (Å²) in [6.07, 6.45) is 1.10. The standard InChI is InChI=1S/C18H22N4O3/c1-12-10-13(2)21-18(20-12)19-7-3-4-17(23)22-14-5-6-15-16(11-14)25-9-8-24-15/h5-6,10-11H,3-4,7-9H2,1-2H3,(H,22,23)(H,19,20,21). The van der Waals surface area contributed by atoms with Crippen LogP contribution in [-0.2, 0) is 4.79 Å². The molecule has 25 heavy (non-hydrogen) atoms. The molecule has 7 heteroatoms. The molecule has 0 bridgehead atoms. The summed E-state index contributed by atoms with van der Waals surface area (Å²) in [5, 5.41) is 6.02. The fourth-order valence-electron chi connectivity index (χ4n) is 2.60. The van der Waals surface area contributed by atoms with Crippen LogP contribution in [0.25, 0.3) is 0 Å². The van der Waals surface area contributed by atoms with Crippen LogP contribution in [0.15, 0.2) is 24.3 Å². The van der Waals surface area contributed by atoms with E-state index in [0.717, 1.165) is 11.4 Å². The smallest absolute Gasteiger partial charge is 0.224 e. The van der Waals surface area contributed by atoms with E-state index >= 15 is 0 Å². The summed E-state index contributed by atoms with van der Waals surface area (Å²) in [6, 6.07) is 7.33. The summed E-state index contributed by atoms with van der Waals surface area (Å²) < 4.78 is 11.0. The molecular weight excluding hydrogens is 320 g/mol. The number of nitrogens with one attached hydrogen (secondary N) is 2. The molecule has 0 atom stereocenters. The molecule has 1 aromatic carbocycles. The van der Waals surface area contributed by atoms with Crippen LogP contribution in [0.4, 0.5) is 11.6 Å². The van der Waals surface area contributed by atoms with Crippen LogP contribution in [0.3, 0.4) is 0 Å². The molecule has 0 unspecified atom stereocenters. The fraction of sp³-hybridized carbons (Fsp3) is 0.389. The first-order valence-corrected chi connectivity index (χ1v) is 8.36. The molecule has 0 saturated heterocycles. The van der Waals surface area contributed by atoms with Gasteiger partial charge in [0.15, 0.2) is 11.5 Å². The van der Waals surface area contributed by atoms with Gasteiger partial charge in [-0.1, -0.05) is 0 Å². The summed E-state index contributed by atoms with van der Waals surface area (Å²) >= 11 is 0. The Labute approximate surface area is 146 Å². The summed E-state index contributed by atoms with van der Waals surface area (Å²) in [4.78, 5) is 20.7. The van der Waals surface area contributed by atoms with Gasteiger partial charge in [0, 0.05) is 36.1 Å². The van der Waals surface area contributed by atoms with Crippen molar-refractivity contribution in [1.82, 2.24) is 9.97 Å². The maximum absolute atomic E-state index is 12.1. The van der Waals surface area contributed by atoms with Crippen molar-refractivity contribution in [2.75, 3.05) is 30.4 Å². The van der Waals surface area contributed by atoms with Gasteiger partial charge in [-0.3, -0.25) is 4.79 Å². The average molecular weight is 342 g/mol. The van der Waals surface area contributed by atoms with Crippen LogP contribution in [0, 0.1) is 13.8 Å². The number of aryl methyl sites for hydroxylation is 2. The van der Waals surface area contributed by atoms with Crippen molar-refractivity contribution >= 4 is 17.5 Å². The zero-order chi connectivity index (χ0) is 17.6. The average Bonchev–Trinajstić information content (AvgIpc) is 2.58. The molecule has 1 aromatic heterocycles. The molecule has 132 valence electrons. The molecule has 0 spiro atoms. The molecule has 0 radical (unpaired) electrons.